The molecule has 1 amide bonds. The molecular weight excluding hydrogens is 411 g/mol. The highest BCUT2D eigenvalue weighted by molar-refractivity contribution is 6.32. The van der Waals surface area contributed by atoms with Crippen molar-refractivity contribution < 1.29 is 15.0 Å². The Morgan fingerprint density at radius 2 is 1.76 bits per heavy atom. The molecule has 146 valence electrons. The van der Waals surface area contributed by atoms with Gasteiger partial charge in [-0.15, -0.1) is 0 Å². The Balaban J connectivity index is 1.93. The molecule has 0 aliphatic carbocycles. The summed E-state index contributed by atoms with van der Waals surface area (Å²) in [5.74, 6) is -1.59. The number of halogens is 2. The van der Waals surface area contributed by atoms with Gasteiger partial charge in [0.25, 0.3) is 5.91 Å². The Hall–Kier alpha value is -3.20. The minimum absolute atomic E-state index is 0.0688. The van der Waals surface area contributed by atoms with E-state index < -0.39 is 11.8 Å². The number of nitrogens with zero attached hydrogens (tertiary/aromatic N) is 1. The molecule has 3 rings (SSSR count). The van der Waals surface area contributed by atoms with Gasteiger partial charge >= 0.3 is 0 Å². The maximum Gasteiger partial charge on any atom is 0.259 e. The minimum Gasteiger partial charge on any atom is -0.508 e. The predicted octanol–water partition coefficient (Wildman–Crippen LogP) is 5.62. The van der Waals surface area contributed by atoms with Crippen molar-refractivity contribution in [3.8, 4) is 17.6 Å². The molecule has 0 aliphatic heterocycles. The third-order valence-electron chi connectivity index (χ3n) is 4.46. The van der Waals surface area contributed by atoms with Crippen molar-refractivity contribution in [3.63, 3.8) is 0 Å². The predicted molar refractivity (Wildman–Crippen MR) is 113 cm³/mol. The first-order chi connectivity index (χ1) is 13.8. The number of aryl methyl sites for hydroxylation is 1. The lowest BCUT2D eigenvalue weighted by atomic mass is 9.91. The number of phenolic OH excluding ortho intramolecular Hbond substituents is 2. The van der Waals surface area contributed by atoms with Crippen molar-refractivity contribution in [2.45, 2.75) is 12.8 Å². The summed E-state index contributed by atoms with van der Waals surface area (Å²) < 4.78 is 0. The van der Waals surface area contributed by atoms with E-state index in [4.69, 9.17) is 23.2 Å². The summed E-state index contributed by atoms with van der Waals surface area (Å²) in [6, 6.07) is 16.2. The lowest BCUT2D eigenvalue weighted by Crippen LogP contribution is -2.13. The van der Waals surface area contributed by atoms with Crippen LogP contribution < -0.4 is 5.32 Å². The summed E-state index contributed by atoms with van der Waals surface area (Å²) in [6.45, 7) is 1.77. The van der Waals surface area contributed by atoms with Gasteiger partial charge in [-0.05, 0) is 60.0 Å². The van der Waals surface area contributed by atoms with Crippen molar-refractivity contribution in [1.82, 2.24) is 0 Å². The van der Waals surface area contributed by atoms with E-state index in [1.165, 1.54) is 18.2 Å². The molecule has 0 saturated heterocycles. The zero-order chi connectivity index (χ0) is 21.1. The third-order valence-corrected chi connectivity index (χ3v) is 5.04. The largest absolute Gasteiger partial charge is 0.508 e. The molecule has 0 bridgehead atoms. The quantitative estimate of drug-likeness (QED) is 0.471. The van der Waals surface area contributed by atoms with E-state index in [0.29, 0.717) is 26.9 Å². The molecule has 0 aromatic heterocycles. The van der Waals surface area contributed by atoms with Crippen LogP contribution in [0.2, 0.25) is 10.0 Å². The van der Waals surface area contributed by atoms with Gasteiger partial charge in [0.2, 0.25) is 0 Å². The summed E-state index contributed by atoms with van der Waals surface area (Å²) in [5.41, 5.74) is 2.40. The zero-order valence-corrected chi connectivity index (χ0v) is 16.8. The number of amides is 1. The van der Waals surface area contributed by atoms with Crippen LogP contribution in [0.5, 0.6) is 11.5 Å². The van der Waals surface area contributed by atoms with Crippen molar-refractivity contribution in [3.05, 3.63) is 86.9 Å². The molecule has 5 nitrogen and oxygen atoms in total. The number of aromatic hydroxyl groups is 2. The van der Waals surface area contributed by atoms with Crippen LogP contribution in [-0.2, 0) is 0 Å². The first kappa shape index (κ1) is 20.5. The molecule has 0 spiro atoms. The average Bonchev–Trinajstić information content (AvgIpc) is 2.69. The summed E-state index contributed by atoms with van der Waals surface area (Å²) >= 11 is 12.3. The second kappa shape index (κ2) is 8.44. The van der Waals surface area contributed by atoms with Gasteiger partial charge < -0.3 is 15.5 Å². The van der Waals surface area contributed by atoms with Crippen LogP contribution in [0.25, 0.3) is 0 Å². The molecule has 3 N–H and O–H groups in total. The fourth-order valence-electron chi connectivity index (χ4n) is 2.93. The number of benzene rings is 3. The van der Waals surface area contributed by atoms with E-state index >= 15 is 0 Å². The maximum atomic E-state index is 12.5. The van der Waals surface area contributed by atoms with Crippen LogP contribution in [0.1, 0.15) is 33.0 Å². The summed E-state index contributed by atoms with van der Waals surface area (Å²) in [4.78, 5) is 12.5. The molecule has 3 aromatic rings. The molecule has 0 fully saturated rings. The van der Waals surface area contributed by atoms with E-state index in [2.05, 4.69) is 11.4 Å². The highest BCUT2D eigenvalue weighted by atomic mass is 35.5. The topological polar surface area (TPSA) is 93.4 Å². The zero-order valence-electron chi connectivity index (χ0n) is 15.3. The Bertz CT molecular complexity index is 1120. The first-order valence-corrected chi connectivity index (χ1v) is 9.34. The van der Waals surface area contributed by atoms with Crippen molar-refractivity contribution in [1.29, 1.82) is 5.26 Å². The first-order valence-electron chi connectivity index (χ1n) is 8.58. The fourth-order valence-corrected chi connectivity index (χ4v) is 3.33. The van der Waals surface area contributed by atoms with E-state index in [-0.39, 0.29) is 17.1 Å². The third kappa shape index (κ3) is 4.45. The second-order valence-electron chi connectivity index (χ2n) is 6.46. The lowest BCUT2D eigenvalue weighted by Gasteiger charge is -2.16. The highest BCUT2D eigenvalue weighted by Crippen LogP contribution is 2.34. The summed E-state index contributed by atoms with van der Waals surface area (Å²) in [6.07, 6.45) is 0. The average molecular weight is 427 g/mol. The highest BCUT2D eigenvalue weighted by Gasteiger charge is 2.20. The smallest absolute Gasteiger partial charge is 0.259 e. The number of phenols is 2. The van der Waals surface area contributed by atoms with Gasteiger partial charge in [-0.1, -0.05) is 41.4 Å². The SMILES string of the molecule is Cc1cc(C(C#N)c2ccc(Cl)cc2)c(Cl)cc1NC(=O)c1cc(O)ccc1O. The van der Waals surface area contributed by atoms with Crippen LogP contribution in [0.3, 0.4) is 0 Å². The minimum atomic E-state index is -0.599. The molecule has 1 unspecified atom stereocenters. The Kier molecular flexibility index (Phi) is 5.97. The van der Waals surface area contributed by atoms with Crippen molar-refractivity contribution in [2.75, 3.05) is 5.32 Å². The summed E-state index contributed by atoms with van der Waals surface area (Å²) in [5, 5.41) is 32.6. The lowest BCUT2D eigenvalue weighted by molar-refractivity contribution is 0.102. The van der Waals surface area contributed by atoms with Gasteiger partial charge in [0.05, 0.1) is 17.6 Å². The number of rotatable bonds is 4. The van der Waals surface area contributed by atoms with Gasteiger partial charge in [0.1, 0.15) is 11.5 Å². The Morgan fingerprint density at radius 1 is 1.07 bits per heavy atom. The van der Waals surface area contributed by atoms with Crippen LogP contribution >= 0.6 is 23.2 Å². The normalized spacial score (nSPS) is 11.5. The van der Waals surface area contributed by atoms with Gasteiger partial charge in [-0.3, -0.25) is 4.79 Å². The Labute approximate surface area is 177 Å². The molecule has 1 atom stereocenters. The van der Waals surface area contributed by atoms with Crippen molar-refractivity contribution in [2.24, 2.45) is 0 Å². The van der Waals surface area contributed by atoms with Crippen LogP contribution in [0.15, 0.2) is 54.6 Å². The monoisotopic (exact) mass is 426 g/mol. The van der Waals surface area contributed by atoms with Gasteiger partial charge in [-0.2, -0.15) is 5.26 Å². The Morgan fingerprint density at radius 3 is 2.41 bits per heavy atom. The van der Waals surface area contributed by atoms with Crippen LogP contribution in [-0.4, -0.2) is 16.1 Å². The fraction of sp³-hybridized carbons (Fsp3) is 0.0909. The van der Waals surface area contributed by atoms with Gasteiger partial charge in [0, 0.05) is 15.7 Å². The van der Waals surface area contributed by atoms with Crippen LogP contribution in [0, 0.1) is 18.3 Å². The standard InChI is InChI=1S/C22H16Cl2N2O3/c1-12-8-16(18(11-25)13-2-4-14(23)5-3-13)19(24)10-20(12)26-22(29)17-9-15(27)6-7-21(17)28/h2-10,18,27-28H,1H3,(H,26,29). The molecule has 29 heavy (non-hydrogen) atoms. The van der Waals surface area contributed by atoms with Crippen molar-refractivity contribution >= 4 is 34.8 Å². The molecule has 7 heteroatoms. The van der Waals surface area contributed by atoms with Crippen LogP contribution in [0.4, 0.5) is 5.69 Å². The number of carbonyl (C=O) groups is 1. The van der Waals surface area contributed by atoms with E-state index in [9.17, 15) is 20.3 Å². The number of nitrogens with one attached hydrogen (secondary N) is 1. The number of hydrogen-bond acceptors (Lipinski definition) is 4. The van der Waals surface area contributed by atoms with Gasteiger partial charge in [0.15, 0.2) is 0 Å². The molecule has 0 radical (unpaired) electrons. The van der Waals surface area contributed by atoms with Gasteiger partial charge in [-0.25, -0.2) is 0 Å². The number of anilines is 1. The molecular formula is C22H16Cl2N2O3. The molecule has 0 saturated carbocycles. The van der Waals surface area contributed by atoms with E-state index in [0.717, 1.165) is 5.56 Å². The summed E-state index contributed by atoms with van der Waals surface area (Å²) in [7, 11) is 0. The van der Waals surface area contributed by atoms with E-state index in [1.54, 1.807) is 43.3 Å². The van der Waals surface area contributed by atoms with E-state index in [1.807, 2.05) is 0 Å². The molecule has 3 aromatic carbocycles. The second-order valence-corrected chi connectivity index (χ2v) is 7.30. The number of carbonyl (C=O) groups excluding carboxylic acids is 1. The maximum absolute atomic E-state index is 12.5. The molecule has 0 heterocycles. The molecule has 0 aliphatic rings. The number of nitriles is 1. The number of hydrogen-bond donors (Lipinski definition) is 3.